The summed E-state index contributed by atoms with van der Waals surface area (Å²) in [6, 6.07) is 6.79. The molecule has 0 atom stereocenters. The van der Waals surface area contributed by atoms with Crippen LogP contribution in [0.25, 0.3) is 0 Å². The van der Waals surface area contributed by atoms with Crippen LogP contribution in [0.5, 0.6) is 0 Å². The van der Waals surface area contributed by atoms with Crippen molar-refractivity contribution in [2.45, 2.75) is 0 Å². The van der Waals surface area contributed by atoms with Crippen molar-refractivity contribution in [3.8, 4) is 0 Å². The first-order chi connectivity index (χ1) is 8.68. The number of halogens is 1. The molecule has 0 saturated heterocycles. The third-order valence-electron chi connectivity index (χ3n) is 2.75. The van der Waals surface area contributed by atoms with Crippen LogP contribution in [-0.4, -0.2) is 16.8 Å². The number of rotatable bonds is 1. The summed E-state index contributed by atoms with van der Waals surface area (Å²) < 4.78 is 13.1. The van der Waals surface area contributed by atoms with E-state index in [0.717, 1.165) is 17.0 Å². The third-order valence-corrected chi connectivity index (χ3v) is 2.75. The molecule has 1 aliphatic rings. The summed E-state index contributed by atoms with van der Waals surface area (Å²) in [6.07, 6.45) is 2.96. The Morgan fingerprint density at radius 3 is 2.56 bits per heavy atom. The Morgan fingerprint density at radius 1 is 1.06 bits per heavy atom. The van der Waals surface area contributed by atoms with Crippen LogP contribution >= 0.6 is 0 Å². The van der Waals surface area contributed by atoms with Gasteiger partial charge >= 0.3 is 0 Å². The highest BCUT2D eigenvalue weighted by molar-refractivity contribution is 6.34. The summed E-state index contributed by atoms with van der Waals surface area (Å²) in [4.78, 5) is 29.0. The molecular weight excluding hydrogens is 235 g/mol. The SMILES string of the molecule is O=C1c2ccc(F)cc2C(=O)N1c1cccnc1. The summed E-state index contributed by atoms with van der Waals surface area (Å²) in [7, 11) is 0. The first-order valence-electron chi connectivity index (χ1n) is 5.27. The quantitative estimate of drug-likeness (QED) is 0.719. The second kappa shape index (κ2) is 3.73. The van der Waals surface area contributed by atoms with E-state index in [1.807, 2.05) is 0 Å². The maximum atomic E-state index is 13.1. The van der Waals surface area contributed by atoms with E-state index in [0.29, 0.717) is 5.69 Å². The van der Waals surface area contributed by atoms with Crippen molar-refractivity contribution in [1.82, 2.24) is 4.98 Å². The molecule has 2 aromatic rings. The first kappa shape index (κ1) is 10.6. The second-order valence-corrected chi connectivity index (χ2v) is 3.85. The number of carbonyl (C=O) groups excluding carboxylic acids is 2. The van der Waals surface area contributed by atoms with Crippen molar-refractivity contribution in [3.63, 3.8) is 0 Å². The monoisotopic (exact) mass is 242 g/mol. The minimum Gasteiger partial charge on any atom is -0.268 e. The number of imide groups is 1. The molecule has 0 aliphatic carbocycles. The lowest BCUT2D eigenvalue weighted by atomic mass is 10.1. The van der Waals surface area contributed by atoms with Crippen molar-refractivity contribution in [2.24, 2.45) is 0 Å². The topological polar surface area (TPSA) is 50.3 Å². The predicted octanol–water partition coefficient (Wildman–Crippen LogP) is 2.02. The zero-order chi connectivity index (χ0) is 12.7. The molecule has 4 nitrogen and oxygen atoms in total. The lowest BCUT2D eigenvalue weighted by Gasteiger charge is -2.12. The number of carbonyl (C=O) groups is 2. The Bertz CT molecular complexity index is 655. The van der Waals surface area contributed by atoms with Gasteiger partial charge in [0, 0.05) is 6.20 Å². The van der Waals surface area contributed by atoms with Crippen molar-refractivity contribution >= 4 is 17.5 Å². The molecule has 0 saturated carbocycles. The third kappa shape index (κ3) is 1.41. The molecule has 0 radical (unpaired) electrons. The maximum absolute atomic E-state index is 13.1. The van der Waals surface area contributed by atoms with Crippen molar-refractivity contribution < 1.29 is 14.0 Å². The minimum atomic E-state index is -0.539. The van der Waals surface area contributed by atoms with Crippen LogP contribution in [0.15, 0.2) is 42.7 Å². The number of hydrogen-bond acceptors (Lipinski definition) is 3. The average molecular weight is 242 g/mol. The van der Waals surface area contributed by atoms with Gasteiger partial charge in [-0.05, 0) is 30.3 Å². The van der Waals surface area contributed by atoms with Gasteiger partial charge in [0.25, 0.3) is 11.8 Å². The van der Waals surface area contributed by atoms with E-state index in [1.54, 1.807) is 18.3 Å². The second-order valence-electron chi connectivity index (χ2n) is 3.85. The van der Waals surface area contributed by atoms with Gasteiger partial charge in [-0.3, -0.25) is 14.6 Å². The van der Waals surface area contributed by atoms with Gasteiger partial charge in [-0.25, -0.2) is 9.29 Å². The maximum Gasteiger partial charge on any atom is 0.266 e. The molecule has 2 amide bonds. The van der Waals surface area contributed by atoms with Crippen LogP contribution in [-0.2, 0) is 0 Å². The van der Waals surface area contributed by atoms with Gasteiger partial charge < -0.3 is 0 Å². The van der Waals surface area contributed by atoms with E-state index in [9.17, 15) is 14.0 Å². The highest BCUT2D eigenvalue weighted by Crippen LogP contribution is 2.27. The average Bonchev–Trinajstić information content (AvgIpc) is 2.63. The number of amides is 2. The Kier molecular flexibility index (Phi) is 2.19. The molecule has 0 spiro atoms. The lowest BCUT2D eigenvalue weighted by molar-refractivity contribution is 0.0926. The van der Waals surface area contributed by atoms with Crippen LogP contribution in [0.4, 0.5) is 10.1 Å². The molecule has 0 fully saturated rings. The molecule has 0 bridgehead atoms. The standard InChI is InChI=1S/C13H7FN2O2/c14-8-3-4-10-11(6-8)13(18)16(12(10)17)9-2-1-5-15-7-9/h1-7H. The summed E-state index contributed by atoms with van der Waals surface area (Å²) in [5.74, 6) is -1.52. The van der Waals surface area contributed by atoms with Crippen LogP contribution in [0.1, 0.15) is 20.7 Å². The van der Waals surface area contributed by atoms with Gasteiger partial charge in [0.2, 0.25) is 0 Å². The predicted molar refractivity (Wildman–Crippen MR) is 61.8 cm³/mol. The van der Waals surface area contributed by atoms with Gasteiger partial charge in [0.05, 0.1) is 23.0 Å². The van der Waals surface area contributed by atoms with Crippen LogP contribution in [0.3, 0.4) is 0 Å². The minimum absolute atomic E-state index is 0.0869. The van der Waals surface area contributed by atoms with Crippen LogP contribution in [0, 0.1) is 5.82 Å². The summed E-state index contributed by atoms with van der Waals surface area (Å²) in [6.45, 7) is 0. The van der Waals surface area contributed by atoms with E-state index < -0.39 is 17.6 Å². The molecule has 5 heteroatoms. The number of nitrogens with zero attached hydrogens (tertiary/aromatic N) is 2. The van der Waals surface area contributed by atoms with Crippen LogP contribution < -0.4 is 4.90 Å². The number of fused-ring (bicyclic) bond motifs is 1. The van der Waals surface area contributed by atoms with Crippen molar-refractivity contribution in [3.05, 3.63) is 59.7 Å². The van der Waals surface area contributed by atoms with Gasteiger partial charge in [-0.1, -0.05) is 0 Å². The summed E-state index contributed by atoms with van der Waals surface area (Å²) >= 11 is 0. The highest BCUT2D eigenvalue weighted by atomic mass is 19.1. The van der Waals surface area contributed by atoms with E-state index in [1.165, 1.54) is 12.3 Å². The molecule has 0 N–H and O–H groups in total. The lowest BCUT2D eigenvalue weighted by Crippen LogP contribution is -2.29. The summed E-state index contributed by atoms with van der Waals surface area (Å²) in [5.41, 5.74) is 0.679. The van der Waals surface area contributed by atoms with E-state index in [2.05, 4.69) is 4.98 Å². The van der Waals surface area contributed by atoms with E-state index in [4.69, 9.17) is 0 Å². The zero-order valence-electron chi connectivity index (χ0n) is 9.13. The number of anilines is 1. The van der Waals surface area contributed by atoms with Crippen LogP contribution in [0.2, 0.25) is 0 Å². The smallest absolute Gasteiger partial charge is 0.266 e. The molecule has 0 unspecified atom stereocenters. The normalized spacial score (nSPS) is 13.9. The molecule has 1 aromatic heterocycles. The molecule has 88 valence electrons. The molecule has 1 aromatic carbocycles. The summed E-state index contributed by atoms with van der Waals surface area (Å²) in [5, 5.41) is 0. The molecule has 2 heterocycles. The Balaban J connectivity index is 2.13. The van der Waals surface area contributed by atoms with E-state index >= 15 is 0 Å². The van der Waals surface area contributed by atoms with Gasteiger partial charge in [-0.2, -0.15) is 0 Å². The number of hydrogen-bond donors (Lipinski definition) is 0. The molecule has 18 heavy (non-hydrogen) atoms. The molecular formula is C13H7FN2O2. The fraction of sp³-hybridized carbons (Fsp3) is 0. The Morgan fingerprint density at radius 2 is 1.83 bits per heavy atom. The van der Waals surface area contributed by atoms with E-state index in [-0.39, 0.29) is 11.1 Å². The number of pyridine rings is 1. The Hall–Kier alpha value is -2.56. The Labute approximate surface area is 102 Å². The fourth-order valence-electron chi connectivity index (χ4n) is 1.93. The number of benzene rings is 1. The van der Waals surface area contributed by atoms with Crippen molar-refractivity contribution in [2.75, 3.05) is 4.90 Å². The molecule has 1 aliphatic heterocycles. The largest absolute Gasteiger partial charge is 0.268 e. The van der Waals surface area contributed by atoms with Gasteiger partial charge in [0.15, 0.2) is 0 Å². The molecule has 3 rings (SSSR count). The zero-order valence-corrected chi connectivity index (χ0v) is 9.13. The van der Waals surface area contributed by atoms with Gasteiger partial charge in [-0.15, -0.1) is 0 Å². The van der Waals surface area contributed by atoms with Crippen molar-refractivity contribution in [1.29, 1.82) is 0 Å². The number of aromatic nitrogens is 1. The first-order valence-corrected chi connectivity index (χ1v) is 5.27. The van der Waals surface area contributed by atoms with Gasteiger partial charge in [0.1, 0.15) is 5.82 Å². The fourth-order valence-corrected chi connectivity index (χ4v) is 1.93. The highest BCUT2D eigenvalue weighted by Gasteiger charge is 2.36.